The minimum absolute atomic E-state index is 0.669. The first kappa shape index (κ1) is 9.54. The molecule has 0 aliphatic carbocycles. The molecule has 0 radical (unpaired) electrons. The number of hydrogen-bond acceptors (Lipinski definition) is 1. The molecule has 13 heavy (non-hydrogen) atoms. The quantitative estimate of drug-likeness (QED) is 0.494. The summed E-state index contributed by atoms with van der Waals surface area (Å²) in [5, 5.41) is 0. The highest BCUT2D eigenvalue weighted by Gasteiger charge is 1.96. The van der Waals surface area contributed by atoms with Crippen LogP contribution in [0.5, 0.6) is 0 Å². The summed E-state index contributed by atoms with van der Waals surface area (Å²) in [7, 11) is 0. The Kier molecular flexibility index (Phi) is 3.78. The van der Waals surface area contributed by atoms with E-state index >= 15 is 0 Å². The van der Waals surface area contributed by atoms with Gasteiger partial charge >= 0.3 is 0 Å². The molecule has 0 atom stereocenters. The zero-order chi connectivity index (χ0) is 9.52. The van der Waals surface area contributed by atoms with Gasteiger partial charge in [-0.2, -0.15) is 0 Å². The first-order chi connectivity index (χ1) is 6.38. The molecule has 1 heteroatoms. The summed E-state index contributed by atoms with van der Waals surface area (Å²) in [5.41, 5.74) is 1.76. The Labute approximate surface area is 78.8 Å². The van der Waals surface area contributed by atoms with Gasteiger partial charge in [-0.15, -0.1) is 5.92 Å². The molecule has 0 saturated carbocycles. The van der Waals surface area contributed by atoms with Crippen LogP contribution in [0.25, 0.3) is 0 Å². The summed E-state index contributed by atoms with van der Waals surface area (Å²) in [6.45, 7) is 2.01. The van der Waals surface area contributed by atoms with Gasteiger partial charge < -0.3 is 0 Å². The van der Waals surface area contributed by atoms with E-state index in [1.54, 1.807) is 0 Å². The predicted molar refractivity (Wildman–Crippen MR) is 53.6 cm³/mol. The second-order valence-electron chi connectivity index (χ2n) is 2.70. The fourth-order valence-electron chi connectivity index (χ4n) is 1.09. The zero-order valence-corrected chi connectivity index (χ0v) is 7.71. The molecule has 0 unspecified atom stereocenters. The van der Waals surface area contributed by atoms with E-state index in [1.165, 1.54) is 0 Å². The van der Waals surface area contributed by atoms with Crippen molar-refractivity contribution in [3.05, 3.63) is 35.4 Å². The summed E-state index contributed by atoms with van der Waals surface area (Å²) >= 11 is 0. The van der Waals surface area contributed by atoms with Gasteiger partial charge in [0.25, 0.3) is 0 Å². The average Bonchev–Trinajstić information content (AvgIpc) is 2.19. The Balaban J connectivity index is 2.81. The lowest BCUT2D eigenvalue weighted by molar-refractivity contribution is 0.112. The van der Waals surface area contributed by atoms with E-state index < -0.39 is 0 Å². The van der Waals surface area contributed by atoms with Crippen molar-refractivity contribution in [3.8, 4) is 11.8 Å². The van der Waals surface area contributed by atoms with E-state index in [1.807, 2.05) is 31.2 Å². The average molecular weight is 172 g/mol. The Hall–Kier alpha value is -1.55. The molecule has 0 spiro atoms. The molecule has 1 rings (SSSR count). The topological polar surface area (TPSA) is 17.1 Å². The van der Waals surface area contributed by atoms with Gasteiger partial charge in [0, 0.05) is 18.4 Å². The Morgan fingerprint density at radius 1 is 1.31 bits per heavy atom. The monoisotopic (exact) mass is 172 g/mol. The van der Waals surface area contributed by atoms with E-state index in [0.717, 1.165) is 23.8 Å². The molecule has 0 aromatic heterocycles. The number of benzene rings is 1. The van der Waals surface area contributed by atoms with Crippen LogP contribution >= 0.6 is 0 Å². The first-order valence-electron chi connectivity index (χ1n) is 4.37. The van der Waals surface area contributed by atoms with Gasteiger partial charge in [0.2, 0.25) is 0 Å². The summed E-state index contributed by atoms with van der Waals surface area (Å²) in [6, 6.07) is 7.54. The molecule has 0 amide bonds. The molecular formula is C12H12O. The van der Waals surface area contributed by atoms with Crippen molar-refractivity contribution >= 4 is 6.29 Å². The fourth-order valence-corrected chi connectivity index (χ4v) is 1.09. The maximum Gasteiger partial charge on any atom is 0.150 e. The van der Waals surface area contributed by atoms with Crippen LogP contribution in [-0.4, -0.2) is 6.29 Å². The fraction of sp³-hybridized carbons (Fsp3) is 0.250. The molecule has 0 bridgehead atoms. The molecule has 0 aliphatic heterocycles. The highest BCUT2D eigenvalue weighted by molar-refractivity contribution is 5.77. The van der Waals surface area contributed by atoms with E-state index in [9.17, 15) is 4.79 Å². The molecule has 0 heterocycles. The second kappa shape index (κ2) is 5.16. The van der Waals surface area contributed by atoms with Crippen LogP contribution in [0.1, 0.15) is 29.3 Å². The van der Waals surface area contributed by atoms with Crippen molar-refractivity contribution in [1.82, 2.24) is 0 Å². The number of carbonyl (C=O) groups is 1. The first-order valence-corrected chi connectivity index (χ1v) is 4.37. The predicted octanol–water partition coefficient (Wildman–Crippen LogP) is 2.46. The van der Waals surface area contributed by atoms with Crippen LogP contribution in [0, 0.1) is 11.8 Å². The van der Waals surface area contributed by atoms with Gasteiger partial charge in [-0.05, 0) is 5.56 Å². The van der Waals surface area contributed by atoms with Gasteiger partial charge in [-0.25, -0.2) is 0 Å². The van der Waals surface area contributed by atoms with Crippen molar-refractivity contribution < 1.29 is 4.79 Å². The minimum Gasteiger partial charge on any atom is -0.298 e. The van der Waals surface area contributed by atoms with E-state index in [0.29, 0.717) is 6.42 Å². The molecule has 0 saturated heterocycles. The Morgan fingerprint density at radius 3 is 2.77 bits per heavy atom. The van der Waals surface area contributed by atoms with Gasteiger partial charge in [0.05, 0.1) is 0 Å². The van der Waals surface area contributed by atoms with Crippen molar-refractivity contribution in [2.45, 2.75) is 19.8 Å². The third-order valence-electron chi connectivity index (χ3n) is 1.76. The smallest absolute Gasteiger partial charge is 0.150 e. The summed E-state index contributed by atoms with van der Waals surface area (Å²) in [4.78, 5) is 10.6. The largest absolute Gasteiger partial charge is 0.298 e. The molecule has 1 aromatic carbocycles. The number of hydrogen-bond donors (Lipinski definition) is 0. The van der Waals surface area contributed by atoms with Crippen LogP contribution in [0.3, 0.4) is 0 Å². The lowest BCUT2D eigenvalue weighted by Crippen LogP contribution is -1.89. The van der Waals surface area contributed by atoms with Crippen LogP contribution in [0.15, 0.2) is 24.3 Å². The van der Waals surface area contributed by atoms with E-state index in [-0.39, 0.29) is 0 Å². The normalized spacial score (nSPS) is 8.69. The molecule has 1 aromatic rings. The molecule has 0 fully saturated rings. The summed E-state index contributed by atoms with van der Waals surface area (Å²) in [5.74, 6) is 6.00. The molecule has 66 valence electrons. The van der Waals surface area contributed by atoms with Crippen LogP contribution in [0.4, 0.5) is 0 Å². The lowest BCUT2D eigenvalue weighted by atomic mass is 10.1. The Bertz CT molecular complexity index is 342. The van der Waals surface area contributed by atoms with Crippen molar-refractivity contribution in [3.63, 3.8) is 0 Å². The number of carbonyl (C=O) groups excluding carboxylic acids is 1. The molecular weight excluding hydrogens is 160 g/mol. The van der Waals surface area contributed by atoms with Crippen molar-refractivity contribution in [1.29, 1.82) is 0 Å². The third kappa shape index (κ3) is 2.76. The van der Waals surface area contributed by atoms with Gasteiger partial charge in [0.1, 0.15) is 6.29 Å². The van der Waals surface area contributed by atoms with Gasteiger partial charge in [-0.3, -0.25) is 4.79 Å². The third-order valence-corrected chi connectivity index (χ3v) is 1.76. The maximum absolute atomic E-state index is 10.6. The highest BCUT2D eigenvalue weighted by atomic mass is 16.1. The molecule has 0 aliphatic rings. The second-order valence-corrected chi connectivity index (χ2v) is 2.70. The Morgan fingerprint density at radius 2 is 2.08 bits per heavy atom. The van der Waals surface area contributed by atoms with E-state index in [4.69, 9.17) is 0 Å². The SMILES string of the molecule is CCC#CCc1ccccc1C=O. The number of rotatable bonds is 2. The minimum atomic E-state index is 0.669. The zero-order valence-electron chi connectivity index (χ0n) is 7.71. The van der Waals surface area contributed by atoms with Gasteiger partial charge in [0.15, 0.2) is 0 Å². The van der Waals surface area contributed by atoms with Crippen LogP contribution < -0.4 is 0 Å². The van der Waals surface area contributed by atoms with Crippen molar-refractivity contribution in [2.24, 2.45) is 0 Å². The van der Waals surface area contributed by atoms with Crippen molar-refractivity contribution in [2.75, 3.05) is 0 Å². The molecule has 1 nitrogen and oxygen atoms in total. The van der Waals surface area contributed by atoms with Gasteiger partial charge in [-0.1, -0.05) is 37.1 Å². The summed E-state index contributed by atoms with van der Waals surface area (Å²) < 4.78 is 0. The van der Waals surface area contributed by atoms with Crippen LogP contribution in [0.2, 0.25) is 0 Å². The number of aldehydes is 1. The highest BCUT2D eigenvalue weighted by Crippen LogP contribution is 2.05. The van der Waals surface area contributed by atoms with E-state index in [2.05, 4.69) is 11.8 Å². The summed E-state index contributed by atoms with van der Waals surface area (Å²) in [6.07, 6.45) is 2.41. The lowest BCUT2D eigenvalue weighted by Gasteiger charge is -1.97. The standard InChI is InChI=1S/C12H12O/c1-2-3-4-7-11-8-5-6-9-12(11)10-13/h5-6,8-10H,2,7H2,1H3. The maximum atomic E-state index is 10.6. The van der Waals surface area contributed by atoms with Crippen LogP contribution in [-0.2, 0) is 6.42 Å². The molecule has 0 N–H and O–H groups in total.